The van der Waals surface area contributed by atoms with Crippen LogP contribution in [0.4, 0.5) is 0 Å². The molecule has 0 saturated carbocycles. The van der Waals surface area contributed by atoms with Gasteiger partial charge in [-0.25, -0.2) is 0 Å². The van der Waals surface area contributed by atoms with Crippen molar-refractivity contribution >= 4 is 5.97 Å². The standard InChI is InChI=1S/C14H28O5/c1-3-5-6-7-12(4-2)13(18)19-11-14(8-15,9-16)10-17/h12,15-17H,3-11H2,1-2H3. The van der Waals surface area contributed by atoms with Gasteiger partial charge >= 0.3 is 5.97 Å². The van der Waals surface area contributed by atoms with E-state index in [2.05, 4.69) is 6.92 Å². The number of aliphatic hydroxyl groups excluding tert-OH is 3. The highest BCUT2D eigenvalue weighted by atomic mass is 16.5. The van der Waals surface area contributed by atoms with Crippen molar-refractivity contribution in [3.8, 4) is 0 Å². The first-order valence-electron chi connectivity index (χ1n) is 7.08. The number of hydrogen-bond donors (Lipinski definition) is 3. The molecule has 0 aromatic heterocycles. The zero-order valence-electron chi connectivity index (χ0n) is 12.1. The highest BCUT2D eigenvalue weighted by molar-refractivity contribution is 5.72. The van der Waals surface area contributed by atoms with Crippen LogP contribution in [0.25, 0.3) is 0 Å². The topological polar surface area (TPSA) is 87.0 Å². The monoisotopic (exact) mass is 276 g/mol. The van der Waals surface area contributed by atoms with Crippen LogP contribution < -0.4 is 0 Å². The zero-order chi connectivity index (χ0) is 14.7. The zero-order valence-corrected chi connectivity index (χ0v) is 12.1. The number of rotatable bonds is 11. The van der Waals surface area contributed by atoms with Gasteiger partial charge in [0.2, 0.25) is 0 Å². The van der Waals surface area contributed by atoms with Crippen molar-refractivity contribution in [2.45, 2.75) is 46.0 Å². The first kappa shape index (κ1) is 18.4. The van der Waals surface area contributed by atoms with Gasteiger partial charge in [0, 0.05) is 0 Å². The minimum atomic E-state index is -1.14. The Morgan fingerprint density at radius 3 is 2.11 bits per heavy atom. The van der Waals surface area contributed by atoms with Gasteiger partial charge in [-0.15, -0.1) is 0 Å². The number of carbonyl (C=O) groups is 1. The molecule has 0 aromatic rings. The molecule has 0 aliphatic carbocycles. The fraction of sp³-hybridized carbons (Fsp3) is 0.929. The Morgan fingerprint density at radius 1 is 1.11 bits per heavy atom. The third kappa shape index (κ3) is 6.36. The van der Waals surface area contributed by atoms with Crippen LogP contribution in [0, 0.1) is 11.3 Å². The average Bonchev–Trinajstić information content (AvgIpc) is 2.45. The van der Waals surface area contributed by atoms with Gasteiger partial charge in [0.25, 0.3) is 0 Å². The summed E-state index contributed by atoms with van der Waals surface area (Å²) in [5.74, 6) is -0.446. The van der Waals surface area contributed by atoms with Crippen LogP contribution in [0.2, 0.25) is 0 Å². The predicted octanol–water partition coefficient (Wildman–Crippen LogP) is 1.10. The van der Waals surface area contributed by atoms with E-state index >= 15 is 0 Å². The van der Waals surface area contributed by atoms with Crippen LogP contribution in [0.5, 0.6) is 0 Å². The van der Waals surface area contributed by atoms with Gasteiger partial charge in [-0.1, -0.05) is 33.1 Å². The predicted molar refractivity (Wildman–Crippen MR) is 72.6 cm³/mol. The minimum absolute atomic E-state index is 0.139. The van der Waals surface area contributed by atoms with Crippen LogP contribution in [0.15, 0.2) is 0 Å². The fourth-order valence-electron chi connectivity index (χ4n) is 1.76. The van der Waals surface area contributed by atoms with Gasteiger partial charge in [0.05, 0.1) is 31.2 Å². The maximum absolute atomic E-state index is 11.9. The molecule has 5 nitrogen and oxygen atoms in total. The summed E-state index contributed by atoms with van der Waals surface area (Å²) in [6.45, 7) is 2.64. The molecule has 5 heteroatoms. The number of unbranched alkanes of at least 4 members (excludes halogenated alkanes) is 2. The SMILES string of the molecule is CCCCCC(CC)C(=O)OCC(CO)(CO)CO. The van der Waals surface area contributed by atoms with Gasteiger partial charge in [0.15, 0.2) is 0 Å². The molecule has 0 spiro atoms. The largest absolute Gasteiger partial charge is 0.465 e. The molecule has 0 saturated heterocycles. The summed E-state index contributed by atoms with van der Waals surface area (Å²) >= 11 is 0. The average molecular weight is 276 g/mol. The number of hydrogen-bond acceptors (Lipinski definition) is 5. The molecular formula is C14H28O5. The molecule has 19 heavy (non-hydrogen) atoms. The van der Waals surface area contributed by atoms with Gasteiger partial charge in [-0.05, 0) is 12.8 Å². The molecule has 0 fully saturated rings. The molecule has 0 radical (unpaired) electrons. The molecule has 0 aliphatic rings. The molecule has 0 aromatic carbocycles. The van der Waals surface area contributed by atoms with Crippen molar-refractivity contribution < 1.29 is 24.9 Å². The molecule has 114 valence electrons. The Hall–Kier alpha value is -0.650. The van der Waals surface area contributed by atoms with Crippen molar-refractivity contribution in [2.75, 3.05) is 26.4 Å². The molecule has 0 amide bonds. The number of ether oxygens (including phenoxy) is 1. The molecule has 1 unspecified atom stereocenters. The van der Waals surface area contributed by atoms with Gasteiger partial charge in [-0.2, -0.15) is 0 Å². The third-order valence-electron chi connectivity index (χ3n) is 3.51. The summed E-state index contributed by atoms with van der Waals surface area (Å²) in [6.07, 6.45) is 4.71. The Bertz CT molecular complexity index is 230. The quantitative estimate of drug-likeness (QED) is 0.388. The number of aliphatic hydroxyl groups is 3. The van der Waals surface area contributed by atoms with Crippen molar-refractivity contribution in [1.82, 2.24) is 0 Å². The Labute approximate surface area is 115 Å². The van der Waals surface area contributed by atoms with E-state index in [1.807, 2.05) is 6.92 Å². The van der Waals surface area contributed by atoms with Gasteiger partial charge in [-0.3, -0.25) is 4.79 Å². The lowest BCUT2D eigenvalue weighted by Gasteiger charge is -2.27. The molecule has 1 atom stereocenters. The van der Waals surface area contributed by atoms with Crippen molar-refractivity contribution in [3.63, 3.8) is 0 Å². The van der Waals surface area contributed by atoms with E-state index in [1.165, 1.54) is 0 Å². The second-order valence-corrected chi connectivity index (χ2v) is 5.18. The number of carbonyl (C=O) groups excluding carboxylic acids is 1. The molecule has 3 N–H and O–H groups in total. The maximum Gasteiger partial charge on any atom is 0.308 e. The van der Waals surface area contributed by atoms with E-state index in [4.69, 9.17) is 20.1 Å². The van der Waals surface area contributed by atoms with Gasteiger partial charge in [0.1, 0.15) is 6.61 Å². The van der Waals surface area contributed by atoms with E-state index in [9.17, 15) is 4.79 Å². The minimum Gasteiger partial charge on any atom is -0.465 e. The summed E-state index contributed by atoms with van der Waals surface area (Å²) < 4.78 is 5.14. The molecule has 0 aliphatic heterocycles. The Morgan fingerprint density at radius 2 is 1.68 bits per heavy atom. The molecular weight excluding hydrogens is 248 g/mol. The summed E-state index contributed by atoms with van der Waals surface area (Å²) in [4.78, 5) is 11.9. The fourth-order valence-corrected chi connectivity index (χ4v) is 1.76. The molecule has 0 heterocycles. The third-order valence-corrected chi connectivity index (χ3v) is 3.51. The van der Waals surface area contributed by atoms with Crippen molar-refractivity contribution in [1.29, 1.82) is 0 Å². The maximum atomic E-state index is 11.9. The van der Waals surface area contributed by atoms with E-state index in [1.54, 1.807) is 0 Å². The van der Waals surface area contributed by atoms with Gasteiger partial charge < -0.3 is 20.1 Å². The van der Waals surface area contributed by atoms with Crippen molar-refractivity contribution in [3.05, 3.63) is 0 Å². The van der Waals surface area contributed by atoms with Crippen LogP contribution in [-0.4, -0.2) is 47.7 Å². The summed E-state index contributed by atoms with van der Waals surface area (Å²) in [7, 11) is 0. The van der Waals surface area contributed by atoms with E-state index in [0.717, 1.165) is 25.7 Å². The van der Waals surface area contributed by atoms with Crippen LogP contribution in [0.3, 0.4) is 0 Å². The highest BCUT2D eigenvalue weighted by Gasteiger charge is 2.31. The second kappa shape index (κ2) is 10.2. The molecule has 0 rings (SSSR count). The molecule has 0 bridgehead atoms. The normalized spacial score (nSPS) is 13.3. The lowest BCUT2D eigenvalue weighted by molar-refractivity contribution is -0.156. The van der Waals surface area contributed by atoms with Crippen LogP contribution in [-0.2, 0) is 9.53 Å². The first-order chi connectivity index (χ1) is 9.09. The van der Waals surface area contributed by atoms with Crippen molar-refractivity contribution in [2.24, 2.45) is 11.3 Å². The Kier molecular flexibility index (Phi) is 9.83. The second-order valence-electron chi connectivity index (χ2n) is 5.18. The number of esters is 1. The van der Waals surface area contributed by atoms with Crippen LogP contribution >= 0.6 is 0 Å². The van der Waals surface area contributed by atoms with Crippen LogP contribution in [0.1, 0.15) is 46.0 Å². The summed E-state index contributed by atoms with van der Waals surface area (Å²) in [5, 5.41) is 27.4. The summed E-state index contributed by atoms with van der Waals surface area (Å²) in [5.41, 5.74) is -1.14. The van der Waals surface area contributed by atoms with E-state index < -0.39 is 25.2 Å². The lowest BCUT2D eigenvalue weighted by Crippen LogP contribution is -2.40. The highest BCUT2D eigenvalue weighted by Crippen LogP contribution is 2.19. The lowest BCUT2D eigenvalue weighted by atomic mass is 9.92. The Balaban J connectivity index is 4.25. The van der Waals surface area contributed by atoms with E-state index in [-0.39, 0.29) is 18.5 Å². The summed E-state index contributed by atoms with van der Waals surface area (Å²) in [6, 6.07) is 0. The van der Waals surface area contributed by atoms with E-state index in [0.29, 0.717) is 6.42 Å². The smallest absolute Gasteiger partial charge is 0.308 e. The first-order valence-corrected chi connectivity index (χ1v) is 7.08.